The van der Waals surface area contributed by atoms with E-state index in [1.54, 1.807) is 4.68 Å². The molecule has 0 aliphatic heterocycles. The summed E-state index contributed by atoms with van der Waals surface area (Å²) in [5, 5.41) is 8.75. The third-order valence-corrected chi connectivity index (χ3v) is 4.46. The predicted molar refractivity (Wildman–Crippen MR) is 83.5 cm³/mol. The van der Waals surface area contributed by atoms with Gasteiger partial charge in [0.2, 0.25) is 0 Å². The molecule has 6 nitrogen and oxygen atoms in total. The summed E-state index contributed by atoms with van der Waals surface area (Å²) in [7, 11) is 3.77. The molecule has 1 aliphatic carbocycles. The number of hydrogen-bond acceptors (Lipinski definition) is 3. The average Bonchev–Trinajstić information content (AvgIpc) is 3.18. The van der Waals surface area contributed by atoms with Gasteiger partial charge < -0.3 is 4.90 Å². The van der Waals surface area contributed by atoms with Gasteiger partial charge in [0, 0.05) is 37.9 Å². The van der Waals surface area contributed by atoms with E-state index in [1.807, 2.05) is 43.6 Å². The minimum atomic E-state index is 0.0632. The SMILES string of the molecule is Cc1cc(C(=O)N(Cc2c(C)nn(C)c2C)C2CC2)n(C)n1. The summed E-state index contributed by atoms with van der Waals surface area (Å²) in [6.07, 6.45) is 2.17. The number of carbonyl (C=O) groups is 1. The van der Waals surface area contributed by atoms with Crippen molar-refractivity contribution in [2.45, 2.75) is 46.2 Å². The number of amides is 1. The van der Waals surface area contributed by atoms with E-state index in [-0.39, 0.29) is 5.91 Å². The molecule has 0 aromatic carbocycles. The topological polar surface area (TPSA) is 56.0 Å². The van der Waals surface area contributed by atoms with Crippen LogP contribution in [0.25, 0.3) is 0 Å². The highest BCUT2D eigenvalue weighted by atomic mass is 16.2. The normalized spacial score (nSPS) is 14.4. The fraction of sp³-hybridized carbons (Fsp3) is 0.562. The molecule has 0 bridgehead atoms. The van der Waals surface area contributed by atoms with Crippen molar-refractivity contribution in [3.8, 4) is 0 Å². The summed E-state index contributed by atoms with van der Waals surface area (Å²) in [4.78, 5) is 14.9. The first-order chi connectivity index (χ1) is 10.4. The molecule has 0 N–H and O–H groups in total. The number of aryl methyl sites for hydroxylation is 4. The molecular weight excluding hydrogens is 278 g/mol. The van der Waals surface area contributed by atoms with Crippen LogP contribution in [0.2, 0.25) is 0 Å². The highest BCUT2D eigenvalue weighted by Crippen LogP contribution is 2.31. The highest BCUT2D eigenvalue weighted by molar-refractivity contribution is 5.93. The lowest BCUT2D eigenvalue weighted by molar-refractivity contribution is 0.0718. The summed E-state index contributed by atoms with van der Waals surface area (Å²) in [5.74, 6) is 0.0632. The standard InChI is InChI=1S/C16H23N5O/c1-10-8-15(20(5)17-10)16(22)21(13-6-7-13)9-14-11(2)18-19(4)12(14)3/h8,13H,6-7,9H2,1-5H3. The van der Waals surface area contributed by atoms with Gasteiger partial charge in [0.25, 0.3) is 5.91 Å². The lowest BCUT2D eigenvalue weighted by Crippen LogP contribution is -2.34. The molecule has 2 aromatic rings. The van der Waals surface area contributed by atoms with Crippen LogP contribution in [0.15, 0.2) is 6.07 Å². The van der Waals surface area contributed by atoms with Gasteiger partial charge in [-0.05, 0) is 39.7 Å². The Morgan fingerprint density at radius 1 is 1.23 bits per heavy atom. The molecule has 1 aliphatic rings. The van der Waals surface area contributed by atoms with Crippen molar-refractivity contribution in [1.29, 1.82) is 0 Å². The molecule has 1 saturated carbocycles. The summed E-state index contributed by atoms with van der Waals surface area (Å²) in [6, 6.07) is 2.21. The van der Waals surface area contributed by atoms with E-state index in [2.05, 4.69) is 17.1 Å². The molecule has 0 spiro atoms. The van der Waals surface area contributed by atoms with Gasteiger partial charge in [0.1, 0.15) is 5.69 Å². The zero-order chi connectivity index (χ0) is 16.0. The average molecular weight is 301 g/mol. The van der Waals surface area contributed by atoms with Crippen LogP contribution in [0.5, 0.6) is 0 Å². The van der Waals surface area contributed by atoms with E-state index in [4.69, 9.17) is 0 Å². The van der Waals surface area contributed by atoms with Gasteiger partial charge in [-0.1, -0.05) is 0 Å². The molecule has 118 valence electrons. The molecule has 0 radical (unpaired) electrons. The maximum absolute atomic E-state index is 12.9. The van der Waals surface area contributed by atoms with E-state index in [1.165, 1.54) is 0 Å². The Hall–Kier alpha value is -2.11. The Morgan fingerprint density at radius 2 is 1.91 bits per heavy atom. The van der Waals surface area contributed by atoms with Crippen LogP contribution in [-0.4, -0.2) is 36.4 Å². The Bertz CT molecular complexity index is 723. The second-order valence-electron chi connectivity index (χ2n) is 6.23. The minimum absolute atomic E-state index is 0.0632. The molecule has 2 aromatic heterocycles. The van der Waals surface area contributed by atoms with E-state index in [9.17, 15) is 4.79 Å². The fourth-order valence-electron chi connectivity index (χ4n) is 2.93. The number of nitrogens with zero attached hydrogens (tertiary/aromatic N) is 5. The van der Waals surface area contributed by atoms with Gasteiger partial charge in [-0.3, -0.25) is 14.2 Å². The van der Waals surface area contributed by atoms with Gasteiger partial charge in [-0.25, -0.2) is 0 Å². The Balaban J connectivity index is 1.90. The van der Waals surface area contributed by atoms with E-state index in [0.29, 0.717) is 18.3 Å². The largest absolute Gasteiger partial charge is 0.330 e. The van der Waals surface area contributed by atoms with Crippen molar-refractivity contribution in [2.75, 3.05) is 0 Å². The zero-order valence-electron chi connectivity index (χ0n) is 13.9. The summed E-state index contributed by atoms with van der Waals surface area (Å²) in [6.45, 7) is 6.60. The predicted octanol–water partition coefficient (Wildman–Crippen LogP) is 1.88. The van der Waals surface area contributed by atoms with Gasteiger partial charge in [-0.2, -0.15) is 10.2 Å². The third kappa shape index (κ3) is 2.53. The molecular formula is C16H23N5O. The minimum Gasteiger partial charge on any atom is -0.330 e. The second kappa shape index (κ2) is 5.26. The van der Waals surface area contributed by atoms with Crippen LogP contribution in [0.1, 0.15) is 46.0 Å². The van der Waals surface area contributed by atoms with E-state index < -0.39 is 0 Å². The van der Waals surface area contributed by atoms with Crippen LogP contribution in [0, 0.1) is 20.8 Å². The highest BCUT2D eigenvalue weighted by Gasteiger charge is 2.35. The van der Waals surface area contributed by atoms with E-state index >= 15 is 0 Å². The quantitative estimate of drug-likeness (QED) is 0.866. The van der Waals surface area contributed by atoms with Crippen LogP contribution >= 0.6 is 0 Å². The van der Waals surface area contributed by atoms with Gasteiger partial charge in [-0.15, -0.1) is 0 Å². The molecule has 1 amide bonds. The summed E-state index contributed by atoms with van der Waals surface area (Å²) >= 11 is 0. The first-order valence-electron chi connectivity index (χ1n) is 7.69. The van der Waals surface area contributed by atoms with Crippen LogP contribution in [0.4, 0.5) is 0 Å². The van der Waals surface area contributed by atoms with Crippen LogP contribution in [-0.2, 0) is 20.6 Å². The van der Waals surface area contributed by atoms with Crippen molar-refractivity contribution >= 4 is 5.91 Å². The summed E-state index contributed by atoms with van der Waals surface area (Å²) in [5.41, 5.74) is 4.80. The number of rotatable bonds is 4. The van der Waals surface area contributed by atoms with Gasteiger partial charge in [0.05, 0.1) is 11.4 Å². The van der Waals surface area contributed by atoms with Gasteiger partial charge >= 0.3 is 0 Å². The smallest absolute Gasteiger partial charge is 0.272 e. The molecule has 0 saturated heterocycles. The van der Waals surface area contributed by atoms with Crippen LogP contribution < -0.4 is 0 Å². The van der Waals surface area contributed by atoms with Crippen molar-refractivity contribution in [1.82, 2.24) is 24.5 Å². The number of hydrogen-bond donors (Lipinski definition) is 0. The number of carbonyl (C=O) groups excluding carboxylic acids is 1. The fourth-order valence-corrected chi connectivity index (χ4v) is 2.93. The molecule has 0 unspecified atom stereocenters. The maximum Gasteiger partial charge on any atom is 0.272 e. The monoisotopic (exact) mass is 301 g/mol. The third-order valence-electron chi connectivity index (χ3n) is 4.46. The van der Waals surface area contributed by atoms with Crippen molar-refractivity contribution in [2.24, 2.45) is 14.1 Å². The number of aromatic nitrogens is 4. The maximum atomic E-state index is 12.9. The van der Waals surface area contributed by atoms with E-state index in [0.717, 1.165) is 35.5 Å². The molecule has 3 rings (SSSR count). The van der Waals surface area contributed by atoms with Crippen molar-refractivity contribution in [3.05, 3.63) is 34.4 Å². The Morgan fingerprint density at radius 3 is 2.36 bits per heavy atom. The van der Waals surface area contributed by atoms with Crippen molar-refractivity contribution in [3.63, 3.8) is 0 Å². The molecule has 1 fully saturated rings. The molecule has 6 heteroatoms. The second-order valence-corrected chi connectivity index (χ2v) is 6.23. The molecule has 22 heavy (non-hydrogen) atoms. The zero-order valence-corrected chi connectivity index (χ0v) is 13.9. The lowest BCUT2D eigenvalue weighted by atomic mass is 10.1. The first-order valence-corrected chi connectivity index (χ1v) is 7.69. The lowest BCUT2D eigenvalue weighted by Gasteiger charge is -2.22. The molecule has 2 heterocycles. The Kier molecular flexibility index (Phi) is 3.54. The van der Waals surface area contributed by atoms with Crippen LogP contribution in [0.3, 0.4) is 0 Å². The van der Waals surface area contributed by atoms with Gasteiger partial charge in [0.15, 0.2) is 0 Å². The molecule has 0 atom stereocenters. The Labute approximate surface area is 130 Å². The summed E-state index contributed by atoms with van der Waals surface area (Å²) < 4.78 is 3.56. The van der Waals surface area contributed by atoms with Crippen molar-refractivity contribution < 1.29 is 4.79 Å². The first kappa shape index (κ1) is 14.8.